The van der Waals surface area contributed by atoms with Crippen LogP contribution in [0.3, 0.4) is 0 Å². The Labute approximate surface area is 164 Å². The first-order valence-corrected chi connectivity index (χ1v) is 9.00. The lowest BCUT2D eigenvalue weighted by molar-refractivity contribution is 0.101. The number of aromatic nitrogens is 1. The Hall–Kier alpha value is -3.21. The monoisotopic (exact) mass is 378 g/mol. The van der Waals surface area contributed by atoms with E-state index in [2.05, 4.69) is 4.98 Å². The minimum atomic E-state index is -0.387. The number of ketones is 1. The second-order valence-corrected chi connectivity index (χ2v) is 6.80. The van der Waals surface area contributed by atoms with Crippen molar-refractivity contribution in [2.75, 3.05) is 26.1 Å². The van der Waals surface area contributed by atoms with Gasteiger partial charge in [-0.15, -0.1) is 0 Å². The summed E-state index contributed by atoms with van der Waals surface area (Å²) in [6, 6.07) is 14.0. The Kier molecular flexibility index (Phi) is 5.73. The standard InChI is InChI=1S/C23H23FN2O2/c1-15(27)17-7-5-8-18(23-20(24)9-6-10-21(23)28-4)19(17)13-16-11-12-22(25-14-16)26(2)3/h5-12,14H,13H2,1-4H3. The van der Waals surface area contributed by atoms with Crippen LogP contribution in [-0.4, -0.2) is 32.0 Å². The average Bonchev–Trinajstić information content (AvgIpc) is 2.68. The maximum atomic E-state index is 14.7. The molecule has 2 aromatic carbocycles. The Morgan fingerprint density at radius 3 is 2.46 bits per heavy atom. The van der Waals surface area contributed by atoms with Crippen molar-refractivity contribution in [2.45, 2.75) is 13.3 Å². The summed E-state index contributed by atoms with van der Waals surface area (Å²) in [5, 5.41) is 0. The SMILES string of the molecule is COc1cccc(F)c1-c1cccc(C(C)=O)c1Cc1ccc(N(C)C)nc1. The quantitative estimate of drug-likeness (QED) is 0.580. The maximum Gasteiger partial charge on any atom is 0.160 e. The molecule has 0 unspecified atom stereocenters. The molecule has 0 spiro atoms. The van der Waals surface area contributed by atoms with Crippen LogP contribution in [0.15, 0.2) is 54.7 Å². The van der Waals surface area contributed by atoms with Crippen LogP contribution in [0.4, 0.5) is 10.2 Å². The number of benzene rings is 2. The smallest absolute Gasteiger partial charge is 0.160 e. The summed E-state index contributed by atoms with van der Waals surface area (Å²) in [4.78, 5) is 18.6. The maximum absolute atomic E-state index is 14.7. The number of Topliss-reactive ketones (excluding diaryl/α,β-unsaturated/α-hetero) is 1. The van der Waals surface area contributed by atoms with E-state index in [1.165, 1.54) is 20.1 Å². The third kappa shape index (κ3) is 3.88. The van der Waals surface area contributed by atoms with E-state index in [1.807, 2.05) is 37.2 Å². The van der Waals surface area contributed by atoms with Crippen LogP contribution < -0.4 is 9.64 Å². The Morgan fingerprint density at radius 2 is 1.86 bits per heavy atom. The first kappa shape index (κ1) is 19.5. The van der Waals surface area contributed by atoms with Crippen molar-refractivity contribution in [1.29, 1.82) is 0 Å². The van der Waals surface area contributed by atoms with Crippen LogP contribution in [-0.2, 0) is 6.42 Å². The number of carbonyl (C=O) groups is 1. The van der Waals surface area contributed by atoms with Gasteiger partial charge in [0.2, 0.25) is 0 Å². The van der Waals surface area contributed by atoms with Crippen LogP contribution in [0.1, 0.15) is 28.4 Å². The number of nitrogens with zero attached hydrogens (tertiary/aromatic N) is 2. The van der Waals surface area contributed by atoms with E-state index in [0.29, 0.717) is 28.9 Å². The van der Waals surface area contributed by atoms with Crippen LogP contribution in [0.5, 0.6) is 5.75 Å². The Bertz CT molecular complexity index is 998. The van der Waals surface area contributed by atoms with E-state index in [-0.39, 0.29) is 11.6 Å². The normalized spacial score (nSPS) is 10.6. The Balaban J connectivity index is 2.16. The van der Waals surface area contributed by atoms with E-state index < -0.39 is 0 Å². The lowest BCUT2D eigenvalue weighted by atomic mass is 9.89. The molecule has 3 aromatic rings. The highest BCUT2D eigenvalue weighted by molar-refractivity contribution is 5.98. The number of carbonyl (C=O) groups excluding carboxylic acids is 1. The van der Waals surface area contributed by atoms with Gasteiger partial charge in [0, 0.05) is 32.3 Å². The zero-order valence-electron chi connectivity index (χ0n) is 16.5. The molecule has 0 amide bonds. The first-order chi connectivity index (χ1) is 13.4. The van der Waals surface area contributed by atoms with Gasteiger partial charge < -0.3 is 9.64 Å². The predicted octanol–water partition coefficient (Wildman–Crippen LogP) is 4.76. The summed E-state index contributed by atoms with van der Waals surface area (Å²) in [5.74, 6) is 0.829. The summed E-state index contributed by atoms with van der Waals surface area (Å²) in [6.45, 7) is 1.52. The molecule has 0 saturated heterocycles. The van der Waals surface area contributed by atoms with Gasteiger partial charge in [-0.3, -0.25) is 4.79 Å². The lowest BCUT2D eigenvalue weighted by Gasteiger charge is -2.17. The second kappa shape index (κ2) is 8.21. The zero-order chi connectivity index (χ0) is 20.3. The van der Waals surface area contributed by atoms with E-state index in [4.69, 9.17) is 4.74 Å². The van der Waals surface area contributed by atoms with Crippen molar-refractivity contribution in [3.63, 3.8) is 0 Å². The molecule has 0 aliphatic rings. The minimum Gasteiger partial charge on any atom is -0.496 e. The molecule has 28 heavy (non-hydrogen) atoms. The van der Waals surface area contributed by atoms with Crippen LogP contribution in [0.25, 0.3) is 11.1 Å². The van der Waals surface area contributed by atoms with Gasteiger partial charge in [-0.2, -0.15) is 0 Å². The lowest BCUT2D eigenvalue weighted by Crippen LogP contribution is -2.10. The number of pyridine rings is 1. The van der Waals surface area contributed by atoms with Gasteiger partial charge in [0.25, 0.3) is 0 Å². The van der Waals surface area contributed by atoms with Crippen LogP contribution in [0, 0.1) is 5.82 Å². The number of rotatable bonds is 6. The van der Waals surface area contributed by atoms with Crippen LogP contribution >= 0.6 is 0 Å². The molecule has 0 N–H and O–H groups in total. The highest BCUT2D eigenvalue weighted by Crippen LogP contribution is 2.37. The summed E-state index contributed by atoms with van der Waals surface area (Å²) in [5.41, 5.74) is 3.29. The zero-order valence-corrected chi connectivity index (χ0v) is 16.5. The molecule has 4 nitrogen and oxygen atoms in total. The van der Waals surface area contributed by atoms with Gasteiger partial charge in [0.05, 0.1) is 12.7 Å². The van der Waals surface area contributed by atoms with Crippen LogP contribution in [0.2, 0.25) is 0 Å². The molecular formula is C23H23FN2O2. The summed E-state index contributed by atoms with van der Waals surface area (Å²) in [6.07, 6.45) is 2.25. The third-order valence-electron chi connectivity index (χ3n) is 4.67. The van der Waals surface area contributed by atoms with E-state index in [9.17, 15) is 9.18 Å². The largest absolute Gasteiger partial charge is 0.496 e. The van der Waals surface area contributed by atoms with Crippen molar-refractivity contribution in [3.8, 4) is 16.9 Å². The number of anilines is 1. The molecule has 0 bridgehead atoms. The molecule has 5 heteroatoms. The molecule has 144 valence electrons. The van der Waals surface area contributed by atoms with Gasteiger partial charge in [0.15, 0.2) is 5.78 Å². The molecule has 1 aromatic heterocycles. The first-order valence-electron chi connectivity index (χ1n) is 9.00. The molecule has 0 radical (unpaired) electrons. The minimum absolute atomic E-state index is 0.0648. The number of hydrogen-bond donors (Lipinski definition) is 0. The number of halogens is 1. The fourth-order valence-electron chi connectivity index (χ4n) is 3.27. The number of hydrogen-bond acceptors (Lipinski definition) is 4. The van der Waals surface area contributed by atoms with Crippen molar-refractivity contribution in [1.82, 2.24) is 4.98 Å². The van der Waals surface area contributed by atoms with Crippen molar-refractivity contribution in [3.05, 3.63) is 77.2 Å². The fraction of sp³-hybridized carbons (Fsp3) is 0.217. The molecule has 0 fully saturated rings. The van der Waals surface area contributed by atoms with E-state index >= 15 is 0 Å². The second-order valence-electron chi connectivity index (χ2n) is 6.80. The predicted molar refractivity (Wildman–Crippen MR) is 110 cm³/mol. The molecule has 1 heterocycles. The number of methoxy groups -OCH3 is 1. The van der Waals surface area contributed by atoms with Gasteiger partial charge in [-0.05, 0) is 41.8 Å². The summed E-state index contributed by atoms with van der Waals surface area (Å²) < 4.78 is 20.1. The molecule has 0 aliphatic heterocycles. The van der Waals surface area contributed by atoms with Gasteiger partial charge in [-0.25, -0.2) is 9.37 Å². The number of ether oxygens (including phenoxy) is 1. The molecular weight excluding hydrogens is 355 g/mol. The Morgan fingerprint density at radius 1 is 1.11 bits per heavy atom. The van der Waals surface area contributed by atoms with Gasteiger partial charge >= 0.3 is 0 Å². The highest BCUT2D eigenvalue weighted by Gasteiger charge is 2.19. The average molecular weight is 378 g/mol. The highest BCUT2D eigenvalue weighted by atomic mass is 19.1. The van der Waals surface area contributed by atoms with E-state index in [0.717, 1.165) is 16.9 Å². The summed E-state index contributed by atoms with van der Waals surface area (Å²) in [7, 11) is 5.36. The topological polar surface area (TPSA) is 42.4 Å². The van der Waals surface area contributed by atoms with E-state index in [1.54, 1.807) is 30.5 Å². The summed E-state index contributed by atoms with van der Waals surface area (Å²) >= 11 is 0. The van der Waals surface area contributed by atoms with Gasteiger partial charge in [0.1, 0.15) is 17.4 Å². The van der Waals surface area contributed by atoms with Crippen molar-refractivity contribution in [2.24, 2.45) is 0 Å². The molecule has 0 saturated carbocycles. The van der Waals surface area contributed by atoms with Crippen molar-refractivity contribution >= 4 is 11.6 Å². The fourth-order valence-corrected chi connectivity index (χ4v) is 3.27. The molecule has 0 aliphatic carbocycles. The van der Waals surface area contributed by atoms with Crippen molar-refractivity contribution < 1.29 is 13.9 Å². The molecule has 3 rings (SSSR count). The molecule has 0 atom stereocenters. The van der Waals surface area contributed by atoms with Gasteiger partial charge in [-0.1, -0.05) is 30.3 Å². The third-order valence-corrected chi connectivity index (χ3v) is 4.67.